The molecule has 1 aliphatic heterocycles. The molecule has 150 valence electrons. The molecule has 0 aromatic heterocycles. The Kier molecular flexibility index (Phi) is 7.21. The summed E-state index contributed by atoms with van der Waals surface area (Å²) in [7, 11) is 0. The van der Waals surface area contributed by atoms with E-state index in [4.69, 9.17) is 10.5 Å². The lowest BCUT2D eigenvalue weighted by Crippen LogP contribution is -2.55. The van der Waals surface area contributed by atoms with Crippen molar-refractivity contribution in [3.05, 3.63) is 29.8 Å². The SMILES string of the molecule is CC(=O)N(C(=O)c1ccccc1OCC(=O)NCCN)C1CCC(=O)NC1=O. The highest BCUT2D eigenvalue weighted by Crippen LogP contribution is 2.23. The molecule has 1 unspecified atom stereocenters. The summed E-state index contributed by atoms with van der Waals surface area (Å²) >= 11 is 0. The van der Waals surface area contributed by atoms with E-state index in [9.17, 15) is 24.0 Å². The Labute approximate surface area is 161 Å². The van der Waals surface area contributed by atoms with Gasteiger partial charge in [0.25, 0.3) is 11.8 Å². The third kappa shape index (κ3) is 5.13. The third-order valence-electron chi connectivity index (χ3n) is 4.02. The van der Waals surface area contributed by atoms with Gasteiger partial charge < -0.3 is 15.8 Å². The molecule has 1 atom stereocenters. The third-order valence-corrected chi connectivity index (χ3v) is 4.02. The van der Waals surface area contributed by atoms with Crippen LogP contribution in [0.5, 0.6) is 5.75 Å². The van der Waals surface area contributed by atoms with Crippen molar-refractivity contribution in [1.29, 1.82) is 0 Å². The van der Waals surface area contributed by atoms with Gasteiger partial charge in [-0.1, -0.05) is 12.1 Å². The first kappa shape index (κ1) is 21.0. The molecule has 0 radical (unpaired) electrons. The maximum Gasteiger partial charge on any atom is 0.264 e. The van der Waals surface area contributed by atoms with Crippen LogP contribution in [0.25, 0.3) is 0 Å². The molecule has 0 aliphatic carbocycles. The molecule has 28 heavy (non-hydrogen) atoms. The lowest BCUT2D eigenvalue weighted by Gasteiger charge is -2.30. The zero-order valence-electron chi connectivity index (χ0n) is 15.4. The molecule has 2 rings (SSSR count). The minimum atomic E-state index is -1.09. The summed E-state index contributed by atoms with van der Waals surface area (Å²) in [6, 6.07) is 4.98. The Morgan fingerprint density at radius 1 is 1.29 bits per heavy atom. The van der Waals surface area contributed by atoms with Gasteiger partial charge in [-0.15, -0.1) is 0 Å². The smallest absolute Gasteiger partial charge is 0.264 e. The number of piperidine rings is 1. The number of nitrogens with one attached hydrogen (secondary N) is 2. The zero-order valence-corrected chi connectivity index (χ0v) is 15.4. The van der Waals surface area contributed by atoms with E-state index in [1.54, 1.807) is 12.1 Å². The number of benzene rings is 1. The summed E-state index contributed by atoms with van der Waals surface area (Å²) in [6.45, 7) is 1.38. The molecule has 0 bridgehead atoms. The Morgan fingerprint density at radius 3 is 2.64 bits per heavy atom. The van der Waals surface area contributed by atoms with E-state index in [1.165, 1.54) is 12.1 Å². The molecular weight excluding hydrogens is 368 g/mol. The molecule has 10 nitrogen and oxygen atoms in total. The van der Waals surface area contributed by atoms with E-state index in [0.717, 1.165) is 11.8 Å². The second-order valence-corrected chi connectivity index (χ2v) is 6.08. The molecule has 1 aliphatic rings. The number of amides is 5. The van der Waals surface area contributed by atoms with Crippen molar-refractivity contribution in [2.45, 2.75) is 25.8 Å². The molecule has 0 saturated carbocycles. The summed E-state index contributed by atoms with van der Waals surface area (Å²) < 4.78 is 5.41. The van der Waals surface area contributed by atoms with Crippen molar-refractivity contribution in [2.75, 3.05) is 19.7 Å². The lowest BCUT2D eigenvalue weighted by atomic mass is 10.0. The number of nitrogens with zero attached hydrogens (tertiary/aromatic N) is 1. The normalized spacial score (nSPS) is 16.1. The Bertz CT molecular complexity index is 794. The minimum absolute atomic E-state index is 0.0208. The fourth-order valence-electron chi connectivity index (χ4n) is 2.74. The standard InChI is InChI=1S/C18H22N4O6/c1-11(23)22(13-6-7-15(24)21-17(13)26)18(27)12-4-2-3-5-14(12)28-10-16(25)20-9-8-19/h2-5,13H,6-10,19H2,1H3,(H,20,25)(H,21,24,26). The molecule has 0 spiro atoms. The van der Waals surface area contributed by atoms with Crippen molar-refractivity contribution >= 4 is 29.5 Å². The van der Waals surface area contributed by atoms with Gasteiger partial charge in [-0.3, -0.25) is 34.2 Å². The van der Waals surface area contributed by atoms with Gasteiger partial charge in [-0.25, -0.2) is 0 Å². The summed E-state index contributed by atoms with van der Waals surface area (Å²) in [5.74, 6) is -2.88. The van der Waals surface area contributed by atoms with Gasteiger partial charge in [-0.2, -0.15) is 0 Å². The van der Waals surface area contributed by atoms with Crippen molar-refractivity contribution in [2.24, 2.45) is 5.73 Å². The Balaban J connectivity index is 2.21. The van der Waals surface area contributed by atoms with Gasteiger partial charge in [0.15, 0.2) is 6.61 Å². The molecule has 4 N–H and O–H groups in total. The quantitative estimate of drug-likeness (QED) is 0.502. The summed E-state index contributed by atoms with van der Waals surface area (Å²) in [4.78, 5) is 61.1. The van der Waals surface area contributed by atoms with E-state index >= 15 is 0 Å². The highest BCUT2D eigenvalue weighted by Gasteiger charge is 2.37. The summed E-state index contributed by atoms with van der Waals surface area (Å²) in [6.07, 6.45) is 0.0629. The molecule has 1 saturated heterocycles. The number of rotatable bonds is 7. The average Bonchev–Trinajstić information content (AvgIpc) is 2.66. The topological polar surface area (TPSA) is 148 Å². The number of para-hydroxylation sites is 1. The first-order valence-electron chi connectivity index (χ1n) is 8.71. The van der Waals surface area contributed by atoms with Crippen molar-refractivity contribution in [3.8, 4) is 5.75 Å². The van der Waals surface area contributed by atoms with E-state index < -0.39 is 35.6 Å². The highest BCUT2D eigenvalue weighted by atomic mass is 16.5. The lowest BCUT2D eigenvalue weighted by molar-refractivity contribution is -0.142. The summed E-state index contributed by atoms with van der Waals surface area (Å²) in [5.41, 5.74) is 5.33. The molecule has 1 aromatic carbocycles. The number of carbonyl (C=O) groups is 5. The number of carbonyl (C=O) groups excluding carboxylic acids is 5. The van der Waals surface area contributed by atoms with Crippen LogP contribution in [0, 0.1) is 0 Å². The van der Waals surface area contributed by atoms with Crippen molar-refractivity contribution < 1.29 is 28.7 Å². The molecule has 1 aromatic rings. The van der Waals surface area contributed by atoms with E-state index in [1.807, 2.05) is 0 Å². The van der Waals surface area contributed by atoms with Crippen molar-refractivity contribution in [1.82, 2.24) is 15.5 Å². The second-order valence-electron chi connectivity index (χ2n) is 6.08. The second kappa shape index (κ2) is 9.60. The molecule has 1 heterocycles. The predicted molar refractivity (Wildman–Crippen MR) is 97.0 cm³/mol. The molecule has 10 heteroatoms. The van der Waals surface area contributed by atoms with E-state index in [-0.39, 0.29) is 43.9 Å². The minimum Gasteiger partial charge on any atom is -0.483 e. The van der Waals surface area contributed by atoms with Gasteiger partial charge in [0, 0.05) is 26.4 Å². The number of hydrogen-bond donors (Lipinski definition) is 3. The van der Waals surface area contributed by atoms with Gasteiger partial charge in [-0.05, 0) is 18.6 Å². The van der Waals surface area contributed by atoms with E-state index in [0.29, 0.717) is 0 Å². The van der Waals surface area contributed by atoms with Crippen LogP contribution in [-0.4, -0.2) is 60.2 Å². The van der Waals surface area contributed by atoms with Crippen LogP contribution in [0.3, 0.4) is 0 Å². The van der Waals surface area contributed by atoms with Gasteiger partial charge in [0.2, 0.25) is 17.7 Å². The average molecular weight is 390 g/mol. The van der Waals surface area contributed by atoms with E-state index in [2.05, 4.69) is 10.6 Å². The first-order valence-corrected chi connectivity index (χ1v) is 8.71. The Morgan fingerprint density at radius 2 is 2.00 bits per heavy atom. The highest BCUT2D eigenvalue weighted by molar-refractivity contribution is 6.10. The van der Waals surface area contributed by atoms with Crippen LogP contribution in [0.15, 0.2) is 24.3 Å². The number of imide groups is 2. The molecule has 1 fully saturated rings. The van der Waals surface area contributed by atoms with Gasteiger partial charge >= 0.3 is 0 Å². The van der Waals surface area contributed by atoms with Crippen LogP contribution in [-0.2, 0) is 19.2 Å². The molecular formula is C18H22N4O6. The maximum atomic E-state index is 13.0. The first-order chi connectivity index (χ1) is 13.3. The van der Waals surface area contributed by atoms with Crippen LogP contribution >= 0.6 is 0 Å². The largest absolute Gasteiger partial charge is 0.483 e. The fraction of sp³-hybridized carbons (Fsp3) is 0.389. The zero-order chi connectivity index (χ0) is 20.7. The number of hydrogen-bond acceptors (Lipinski definition) is 7. The van der Waals surface area contributed by atoms with Crippen LogP contribution in [0.1, 0.15) is 30.1 Å². The van der Waals surface area contributed by atoms with Crippen LogP contribution in [0.2, 0.25) is 0 Å². The number of ether oxygens (including phenoxy) is 1. The Hall–Kier alpha value is -3.27. The van der Waals surface area contributed by atoms with Gasteiger partial charge in [0.1, 0.15) is 11.8 Å². The fourth-order valence-corrected chi connectivity index (χ4v) is 2.74. The van der Waals surface area contributed by atoms with Crippen molar-refractivity contribution in [3.63, 3.8) is 0 Å². The maximum absolute atomic E-state index is 13.0. The van der Waals surface area contributed by atoms with Gasteiger partial charge in [0.05, 0.1) is 5.56 Å². The van der Waals surface area contributed by atoms with Crippen LogP contribution in [0.4, 0.5) is 0 Å². The summed E-state index contributed by atoms with van der Waals surface area (Å²) in [5, 5.41) is 4.66. The molecule has 5 amide bonds. The number of nitrogens with two attached hydrogens (primary N) is 1. The van der Waals surface area contributed by atoms with Crippen LogP contribution < -0.4 is 21.1 Å². The monoisotopic (exact) mass is 390 g/mol. The predicted octanol–water partition coefficient (Wildman–Crippen LogP) is -1.07.